The van der Waals surface area contributed by atoms with Gasteiger partial charge < -0.3 is 15.4 Å². The lowest BCUT2D eigenvalue weighted by Gasteiger charge is -2.05. The van der Waals surface area contributed by atoms with Gasteiger partial charge in [-0.3, -0.25) is 9.59 Å². The van der Waals surface area contributed by atoms with E-state index < -0.39 is 11.9 Å². The lowest BCUT2D eigenvalue weighted by molar-refractivity contribution is 0.0697. The zero-order valence-corrected chi connectivity index (χ0v) is 11.8. The normalized spacial score (nSPS) is 13.0. The van der Waals surface area contributed by atoms with E-state index in [0.29, 0.717) is 5.00 Å². The monoisotopic (exact) mass is 304 g/mol. The van der Waals surface area contributed by atoms with Gasteiger partial charge in [-0.2, -0.15) is 0 Å². The first kappa shape index (κ1) is 13.6. The van der Waals surface area contributed by atoms with E-state index in [4.69, 9.17) is 0 Å². The standard InChI is InChI=1S/C14H12N2O4S/c17-10-6-2-4-8(15-10)12(18)16-13-11(14(19)20)7-3-1-5-9(7)21-13/h2,4,6H,1,3,5H2,(H,15,17)(H,16,18)(H,19,20). The molecule has 1 aliphatic rings. The van der Waals surface area contributed by atoms with Gasteiger partial charge >= 0.3 is 5.97 Å². The third-order valence-corrected chi connectivity index (χ3v) is 4.58. The van der Waals surface area contributed by atoms with Gasteiger partial charge in [-0.25, -0.2) is 4.79 Å². The largest absolute Gasteiger partial charge is 0.478 e. The van der Waals surface area contributed by atoms with Crippen LogP contribution in [0.15, 0.2) is 23.0 Å². The number of pyridine rings is 1. The number of hydrogen-bond donors (Lipinski definition) is 3. The van der Waals surface area contributed by atoms with Gasteiger partial charge in [0.15, 0.2) is 0 Å². The predicted octanol–water partition coefficient (Wildman–Crippen LogP) is 1.88. The lowest BCUT2D eigenvalue weighted by Crippen LogP contribution is -2.18. The number of aromatic nitrogens is 1. The quantitative estimate of drug-likeness (QED) is 0.806. The Balaban J connectivity index is 1.94. The van der Waals surface area contributed by atoms with E-state index in [0.717, 1.165) is 29.7 Å². The van der Waals surface area contributed by atoms with Crippen LogP contribution in [0.4, 0.5) is 5.00 Å². The van der Waals surface area contributed by atoms with Crippen molar-refractivity contribution in [3.63, 3.8) is 0 Å². The highest BCUT2D eigenvalue weighted by molar-refractivity contribution is 7.17. The summed E-state index contributed by atoms with van der Waals surface area (Å²) in [5.74, 6) is -1.55. The summed E-state index contributed by atoms with van der Waals surface area (Å²) in [7, 11) is 0. The maximum Gasteiger partial charge on any atom is 0.339 e. The third kappa shape index (κ3) is 2.47. The number of nitrogens with one attached hydrogen (secondary N) is 2. The van der Waals surface area contributed by atoms with E-state index >= 15 is 0 Å². The lowest BCUT2D eigenvalue weighted by atomic mass is 10.1. The number of rotatable bonds is 3. The number of aromatic amines is 1. The average molecular weight is 304 g/mol. The van der Waals surface area contributed by atoms with Crippen LogP contribution in [0, 0.1) is 0 Å². The number of anilines is 1. The molecule has 6 nitrogen and oxygen atoms in total. The van der Waals surface area contributed by atoms with Gasteiger partial charge in [-0.15, -0.1) is 11.3 Å². The first-order chi connectivity index (χ1) is 10.1. The molecule has 0 bridgehead atoms. The Kier molecular flexibility index (Phi) is 3.34. The Bertz CT molecular complexity index is 791. The molecule has 7 heteroatoms. The fraction of sp³-hybridized carbons (Fsp3) is 0.214. The summed E-state index contributed by atoms with van der Waals surface area (Å²) >= 11 is 1.30. The van der Waals surface area contributed by atoms with Crippen LogP contribution in [0.3, 0.4) is 0 Å². The van der Waals surface area contributed by atoms with Gasteiger partial charge in [0.25, 0.3) is 5.91 Å². The highest BCUT2D eigenvalue weighted by atomic mass is 32.1. The number of carbonyl (C=O) groups is 2. The number of carbonyl (C=O) groups excluding carboxylic acids is 1. The highest BCUT2D eigenvalue weighted by Gasteiger charge is 2.27. The number of fused-ring (bicyclic) bond motifs is 1. The van der Waals surface area contributed by atoms with E-state index in [1.807, 2.05) is 0 Å². The van der Waals surface area contributed by atoms with Crippen molar-refractivity contribution in [3.05, 3.63) is 50.3 Å². The summed E-state index contributed by atoms with van der Waals surface area (Å²) in [6, 6.07) is 4.25. The van der Waals surface area contributed by atoms with Crippen LogP contribution in [-0.2, 0) is 12.8 Å². The molecule has 21 heavy (non-hydrogen) atoms. The van der Waals surface area contributed by atoms with Crippen molar-refractivity contribution >= 4 is 28.2 Å². The van der Waals surface area contributed by atoms with Gasteiger partial charge in [0.05, 0.1) is 5.56 Å². The van der Waals surface area contributed by atoms with Crippen LogP contribution in [0.1, 0.15) is 37.7 Å². The molecule has 0 radical (unpaired) electrons. The number of carboxylic acid groups (broad SMARTS) is 1. The van der Waals surface area contributed by atoms with Crippen molar-refractivity contribution < 1.29 is 14.7 Å². The second kappa shape index (κ2) is 5.17. The highest BCUT2D eigenvalue weighted by Crippen LogP contribution is 2.39. The molecule has 0 aromatic carbocycles. The molecule has 3 N–H and O–H groups in total. The summed E-state index contributed by atoms with van der Waals surface area (Å²) in [6.07, 6.45) is 2.52. The molecule has 0 spiro atoms. The zero-order valence-electron chi connectivity index (χ0n) is 10.9. The Morgan fingerprint density at radius 3 is 2.81 bits per heavy atom. The molecule has 0 saturated carbocycles. The summed E-state index contributed by atoms with van der Waals surface area (Å²) < 4.78 is 0. The van der Waals surface area contributed by atoms with Crippen molar-refractivity contribution in [2.45, 2.75) is 19.3 Å². The van der Waals surface area contributed by atoms with Crippen molar-refractivity contribution in [1.82, 2.24) is 4.98 Å². The molecule has 2 aromatic heterocycles. The van der Waals surface area contributed by atoms with Crippen LogP contribution in [-0.4, -0.2) is 22.0 Å². The molecule has 0 fully saturated rings. The Hall–Kier alpha value is -2.41. The number of amides is 1. The van der Waals surface area contributed by atoms with Crippen molar-refractivity contribution in [1.29, 1.82) is 0 Å². The van der Waals surface area contributed by atoms with E-state index in [-0.39, 0.29) is 16.8 Å². The molecular weight excluding hydrogens is 292 g/mol. The third-order valence-electron chi connectivity index (χ3n) is 3.38. The second-order valence-electron chi connectivity index (χ2n) is 4.75. The molecule has 3 rings (SSSR count). The Morgan fingerprint density at radius 1 is 1.29 bits per heavy atom. The molecule has 1 amide bonds. The maximum absolute atomic E-state index is 12.1. The van der Waals surface area contributed by atoms with Crippen molar-refractivity contribution in [2.24, 2.45) is 0 Å². The first-order valence-corrected chi connectivity index (χ1v) is 7.26. The van der Waals surface area contributed by atoms with Gasteiger partial charge in [0.2, 0.25) is 5.56 Å². The summed E-state index contributed by atoms with van der Waals surface area (Å²) in [6.45, 7) is 0. The molecule has 0 saturated heterocycles. The molecule has 2 heterocycles. The maximum atomic E-state index is 12.1. The molecule has 108 valence electrons. The number of aromatic carboxylic acids is 1. The van der Waals surface area contributed by atoms with Crippen LogP contribution < -0.4 is 10.9 Å². The van der Waals surface area contributed by atoms with Gasteiger partial charge in [-0.1, -0.05) is 6.07 Å². The van der Waals surface area contributed by atoms with E-state index in [9.17, 15) is 19.5 Å². The van der Waals surface area contributed by atoms with E-state index in [1.165, 1.54) is 29.5 Å². The molecule has 1 aliphatic carbocycles. The first-order valence-electron chi connectivity index (χ1n) is 6.45. The topological polar surface area (TPSA) is 99.3 Å². The Labute approximate surface area is 123 Å². The summed E-state index contributed by atoms with van der Waals surface area (Å²) in [5.41, 5.74) is 0.727. The van der Waals surface area contributed by atoms with Gasteiger partial charge in [0.1, 0.15) is 10.7 Å². The fourth-order valence-corrected chi connectivity index (χ4v) is 3.75. The number of carboxylic acids is 1. The molecular formula is C14H12N2O4S. The van der Waals surface area contributed by atoms with E-state index in [1.54, 1.807) is 0 Å². The number of thiophene rings is 1. The van der Waals surface area contributed by atoms with Crippen LogP contribution in [0.25, 0.3) is 0 Å². The van der Waals surface area contributed by atoms with E-state index in [2.05, 4.69) is 10.3 Å². The second-order valence-corrected chi connectivity index (χ2v) is 5.85. The summed E-state index contributed by atoms with van der Waals surface area (Å²) in [5, 5.41) is 12.3. The minimum atomic E-state index is -1.04. The summed E-state index contributed by atoms with van der Waals surface area (Å²) in [4.78, 5) is 38.2. The molecule has 2 aromatic rings. The van der Waals surface area contributed by atoms with Crippen LogP contribution in [0.5, 0.6) is 0 Å². The minimum Gasteiger partial charge on any atom is -0.478 e. The number of hydrogen-bond acceptors (Lipinski definition) is 4. The van der Waals surface area contributed by atoms with Crippen molar-refractivity contribution in [2.75, 3.05) is 5.32 Å². The van der Waals surface area contributed by atoms with Crippen LogP contribution in [0.2, 0.25) is 0 Å². The van der Waals surface area contributed by atoms with Gasteiger partial charge in [0, 0.05) is 10.9 Å². The SMILES string of the molecule is O=C(Nc1sc2c(c1C(=O)O)CCC2)c1cccc(=O)[nH]1. The minimum absolute atomic E-state index is 0.104. The molecule has 0 unspecified atom stereocenters. The number of aryl methyl sites for hydroxylation is 1. The zero-order chi connectivity index (χ0) is 15.0. The van der Waals surface area contributed by atoms with Crippen LogP contribution >= 0.6 is 11.3 Å². The van der Waals surface area contributed by atoms with Crippen molar-refractivity contribution in [3.8, 4) is 0 Å². The fourth-order valence-electron chi connectivity index (χ4n) is 2.47. The molecule has 0 atom stereocenters. The molecule has 0 aliphatic heterocycles. The average Bonchev–Trinajstić information content (AvgIpc) is 2.98. The van der Waals surface area contributed by atoms with Gasteiger partial charge in [-0.05, 0) is 30.9 Å². The smallest absolute Gasteiger partial charge is 0.339 e. The Morgan fingerprint density at radius 2 is 2.10 bits per heavy atom. The predicted molar refractivity (Wildman–Crippen MR) is 78.3 cm³/mol. The number of H-pyrrole nitrogens is 1.